The second-order valence-corrected chi connectivity index (χ2v) is 7.07. The Morgan fingerprint density at radius 3 is 2.34 bits per heavy atom. The molecule has 1 atom stereocenters. The fraction of sp³-hybridized carbons (Fsp3) is 0.211. The number of rotatable bonds is 4. The Labute approximate surface area is 174 Å². The molecule has 0 saturated heterocycles. The highest BCUT2D eigenvalue weighted by molar-refractivity contribution is 6.34. The zero-order chi connectivity index (χ0) is 21.2. The fourth-order valence-corrected chi connectivity index (χ4v) is 3.33. The first-order valence-electron chi connectivity index (χ1n) is 8.26. The van der Waals surface area contributed by atoms with E-state index in [1.807, 2.05) is 0 Å². The van der Waals surface area contributed by atoms with Crippen molar-refractivity contribution in [1.29, 1.82) is 0 Å². The lowest BCUT2D eigenvalue weighted by molar-refractivity contribution is -0.269. The van der Waals surface area contributed by atoms with E-state index in [1.165, 1.54) is 13.2 Å². The summed E-state index contributed by atoms with van der Waals surface area (Å²) in [6.45, 7) is 0.212. The van der Waals surface area contributed by atoms with E-state index >= 15 is 0 Å². The molecule has 0 aromatic heterocycles. The smallest absolute Gasteiger partial charge is 0.428 e. The lowest BCUT2D eigenvalue weighted by Gasteiger charge is -2.28. The van der Waals surface area contributed by atoms with E-state index in [1.54, 1.807) is 24.3 Å². The zero-order valence-corrected chi connectivity index (χ0v) is 16.5. The van der Waals surface area contributed by atoms with E-state index in [0.29, 0.717) is 5.56 Å². The number of methoxy groups -OCH3 is 1. The molecule has 1 amide bonds. The molecule has 154 valence electrons. The van der Waals surface area contributed by atoms with Crippen LogP contribution in [0.5, 0.6) is 0 Å². The maximum atomic E-state index is 14.0. The second-order valence-electron chi connectivity index (χ2n) is 6.20. The molecular weight excluding hydrogens is 432 g/mol. The predicted molar refractivity (Wildman–Crippen MR) is 102 cm³/mol. The van der Waals surface area contributed by atoms with Crippen molar-refractivity contribution in [2.24, 2.45) is 0 Å². The summed E-state index contributed by atoms with van der Waals surface area (Å²) in [5.74, 6) is 0. The molecule has 2 aromatic carbocycles. The molecule has 1 unspecified atom stereocenters. The van der Waals surface area contributed by atoms with E-state index < -0.39 is 17.9 Å². The Hall–Kier alpha value is -2.42. The topological polar surface area (TPSA) is 59.6 Å². The van der Waals surface area contributed by atoms with E-state index in [4.69, 9.17) is 28.0 Å². The number of hydrogen-bond donors (Lipinski definition) is 2. The van der Waals surface area contributed by atoms with Gasteiger partial charge in [-0.3, -0.25) is 10.3 Å². The minimum Gasteiger partial charge on any atom is -0.453 e. The molecule has 3 rings (SSSR count). The Morgan fingerprint density at radius 1 is 1.17 bits per heavy atom. The van der Waals surface area contributed by atoms with Gasteiger partial charge in [-0.05, 0) is 35.4 Å². The number of nitrogens with one attached hydrogen (secondary N) is 2. The van der Waals surface area contributed by atoms with Gasteiger partial charge in [0.2, 0.25) is 5.60 Å². The molecule has 1 aliphatic rings. The fourth-order valence-electron chi connectivity index (χ4n) is 2.80. The van der Waals surface area contributed by atoms with Crippen LogP contribution < -0.4 is 10.8 Å². The van der Waals surface area contributed by atoms with Crippen molar-refractivity contribution in [3.63, 3.8) is 0 Å². The van der Waals surface area contributed by atoms with Crippen LogP contribution in [0.15, 0.2) is 48.5 Å². The number of ether oxygens (including phenoxy) is 1. The number of hydrogen-bond acceptors (Lipinski definition) is 4. The van der Waals surface area contributed by atoms with E-state index in [9.17, 15) is 18.0 Å². The molecule has 0 fully saturated rings. The van der Waals surface area contributed by atoms with Crippen molar-refractivity contribution in [1.82, 2.24) is 10.8 Å². The standard InChI is InChI=1S/C19H15Cl2F3N2O3/c1-28-17(27)25-10-11-2-4-12(5-3-11)16-9-18(29-26-16,19(22,23)24)13-6-14(20)8-15(21)7-13/h2-9,26H,10H2,1H3,(H,25,27). The number of alkyl carbamates (subject to hydrolysis) is 1. The molecule has 2 aromatic rings. The number of halogens is 5. The summed E-state index contributed by atoms with van der Waals surface area (Å²) in [6.07, 6.45) is -4.42. The molecule has 10 heteroatoms. The quantitative estimate of drug-likeness (QED) is 0.678. The van der Waals surface area contributed by atoms with Crippen LogP contribution in [0.3, 0.4) is 0 Å². The average molecular weight is 447 g/mol. The summed E-state index contributed by atoms with van der Waals surface area (Å²) in [7, 11) is 1.25. The van der Waals surface area contributed by atoms with Crippen molar-refractivity contribution in [2.45, 2.75) is 18.3 Å². The third kappa shape index (κ3) is 4.44. The summed E-state index contributed by atoms with van der Waals surface area (Å²) in [4.78, 5) is 16.1. The summed E-state index contributed by atoms with van der Waals surface area (Å²) in [6, 6.07) is 10.2. The van der Waals surface area contributed by atoms with Gasteiger partial charge in [0.05, 0.1) is 12.8 Å². The molecular formula is C19H15Cl2F3N2O3. The van der Waals surface area contributed by atoms with Gasteiger partial charge in [-0.15, -0.1) is 0 Å². The van der Waals surface area contributed by atoms with E-state index in [2.05, 4.69) is 15.5 Å². The van der Waals surface area contributed by atoms with Crippen molar-refractivity contribution in [2.75, 3.05) is 7.11 Å². The van der Waals surface area contributed by atoms with E-state index in [-0.39, 0.29) is 27.9 Å². The van der Waals surface area contributed by atoms with Gasteiger partial charge in [-0.25, -0.2) is 4.79 Å². The third-order valence-corrected chi connectivity index (χ3v) is 4.71. The molecule has 1 heterocycles. The number of carbonyl (C=O) groups is 1. The molecule has 1 aliphatic heterocycles. The highest BCUT2D eigenvalue weighted by Gasteiger charge is 2.59. The van der Waals surface area contributed by atoms with Gasteiger partial charge in [0.15, 0.2) is 0 Å². The zero-order valence-electron chi connectivity index (χ0n) is 14.9. The van der Waals surface area contributed by atoms with Crippen molar-refractivity contribution in [3.05, 3.63) is 75.3 Å². The van der Waals surface area contributed by atoms with Crippen LogP contribution in [0, 0.1) is 0 Å². The van der Waals surface area contributed by atoms with Gasteiger partial charge < -0.3 is 10.1 Å². The van der Waals surface area contributed by atoms with Crippen LogP contribution in [0.1, 0.15) is 16.7 Å². The van der Waals surface area contributed by atoms with Crippen LogP contribution in [0.25, 0.3) is 5.70 Å². The molecule has 0 saturated carbocycles. The Kier molecular flexibility index (Phi) is 5.97. The highest BCUT2D eigenvalue weighted by Crippen LogP contribution is 2.48. The number of amides is 1. The predicted octanol–water partition coefficient (Wildman–Crippen LogP) is 5.18. The Bertz CT molecular complexity index is 928. The summed E-state index contributed by atoms with van der Waals surface area (Å²) >= 11 is 11.8. The summed E-state index contributed by atoms with van der Waals surface area (Å²) in [5.41, 5.74) is 0.690. The molecule has 5 nitrogen and oxygen atoms in total. The van der Waals surface area contributed by atoms with E-state index in [0.717, 1.165) is 23.8 Å². The molecule has 0 bridgehead atoms. The van der Waals surface area contributed by atoms with Gasteiger partial charge in [0, 0.05) is 22.2 Å². The van der Waals surface area contributed by atoms with Crippen LogP contribution in [0.2, 0.25) is 10.0 Å². The summed E-state index contributed by atoms with van der Waals surface area (Å²) in [5, 5.41) is 2.63. The number of alkyl halides is 3. The average Bonchev–Trinajstić information content (AvgIpc) is 3.12. The van der Waals surface area contributed by atoms with Crippen molar-refractivity contribution in [3.8, 4) is 0 Å². The Balaban J connectivity index is 1.92. The van der Waals surface area contributed by atoms with Crippen LogP contribution >= 0.6 is 23.2 Å². The van der Waals surface area contributed by atoms with Gasteiger partial charge >= 0.3 is 12.3 Å². The SMILES string of the molecule is COC(=O)NCc1ccc(C2=CC(c3cc(Cl)cc(Cl)c3)(C(F)(F)F)ON2)cc1. The second kappa shape index (κ2) is 8.14. The summed E-state index contributed by atoms with van der Waals surface area (Å²) < 4.78 is 46.4. The minimum absolute atomic E-state index is 0.0593. The maximum Gasteiger partial charge on any atom is 0.428 e. The highest BCUT2D eigenvalue weighted by atomic mass is 35.5. The van der Waals surface area contributed by atoms with Crippen LogP contribution in [0.4, 0.5) is 18.0 Å². The van der Waals surface area contributed by atoms with Crippen molar-refractivity contribution < 1.29 is 27.5 Å². The number of benzene rings is 2. The molecule has 0 spiro atoms. The first-order valence-corrected chi connectivity index (χ1v) is 9.01. The number of hydroxylamine groups is 1. The lowest BCUT2D eigenvalue weighted by atomic mass is 9.91. The van der Waals surface area contributed by atoms with Crippen LogP contribution in [-0.4, -0.2) is 19.4 Å². The first kappa shape index (κ1) is 21.3. The molecule has 29 heavy (non-hydrogen) atoms. The van der Waals surface area contributed by atoms with Gasteiger partial charge in [-0.2, -0.15) is 13.2 Å². The third-order valence-electron chi connectivity index (χ3n) is 4.27. The van der Waals surface area contributed by atoms with Gasteiger partial charge in [0.1, 0.15) is 0 Å². The van der Waals surface area contributed by atoms with Gasteiger partial charge in [-0.1, -0.05) is 47.5 Å². The molecule has 0 radical (unpaired) electrons. The molecule has 0 aliphatic carbocycles. The van der Waals surface area contributed by atoms with Gasteiger partial charge in [0.25, 0.3) is 0 Å². The first-order chi connectivity index (χ1) is 13.6. The number of carbonyl (C=O) groups excluding carboxylic acids is 1. The largest absolute Gasteiger partial charge is 0.453 e. The van der Waals surface area contributed by atoms with Crippen molar-refractivity contribution >= 4 is 35.0 Å². The maximum absolute atomic E-state index is 14.0. The lowest BCUT2D eigenvalue weighted by Crippen LogP contribution is -2.42. The monoisotopic (exact) mass is 446 g/mol. The molecule has 2 N–H and O–H groups in total. The minimum atomic E-state index is -4.78. The van der Waals surface area contributed by atoms with Crippen LogP contribution in [-0.2, 0) is 21.7 Å². The normalized spacial score (nSPS) is 18.8. The Morgan fingerprint density at radius 2 is 1.79 bits per heavy atom.